The summed E-state index contributed by atoms with van der Waals surface area (Å²) in [5.74, 6) is -2.05. The van der Waals surface area contributed by atoms with Gasteiger partial charge in [0, 0.05) is 9.64 Å². The van der Waals surface area contributed by atoms with E-state index in [9.17, 15) is 18.8 Å². The third-order valence-corrected chi connectivity index (χ3v) is 4.80. The number of carbonyl (C=O) groups is 2. The molecule has 0 aliphatic carbocycles. The Labute approximate surface area is 137 Å². The first kappa shape index (κ1) is 14.7. The van der Waals surface area contributed by atoms with Crippen molar-refractivity contribution in [3.8, 4) is 5.69 Å². The molecule has 1 aromatic carbocycles. The molecule has 0 unspecified atom stereocenters. The number of anilines is 1. The van der Waals surface area contributed by atoms with Crippen LogP contribution < -0.4 is 16.6 Å². The Morgan fingerprint density at radius 2 is 1.86 bits per heavy atom. The van der Waals surface area contributed by atoms with Crippen LogP contribution in [0.3, 0.4) is 0 Å². The van der Waals surface area contributed by atoms with Gasteiger partial charge in [-0.1, -0.05) is 0 Å². The summed E-state index contributed by atoms with van der Waals surface area (Å²) >= 11 is 1.97. The van der Waals surface area contributed by atoms with Crippen molar-refractivity contribution in [2.75, 3.05) is 5.73 Å². The van der Waals surface area contributed by atoms with Gasteiger partial charge in [-0.15, -0.1) is 0 Å². The van der Waals surface area contributed by atoms with Gasteiger partial charge < -0.3 is 5.73 Å². The van der Waals surface area contributed by atoms with Crippen molar-refractivity contribution in [3.63, 3.8) is 0 Å². The summed E-state index contributed by atoms with van der Waals surface area (Å²) in [6.07, 6.45) is 0. The van der Waals surface area contributed by atoms with E-state index in [0.717, 1.165) is 16.7 Å². The highest BCUT2D eigenvalue weighted by atomic mass is 127. The van der Waals surface area contributed by atoms with E-state index in [4.69, 9.17) is 5.73 Å². The molecule has 2 heterocycles. The maximum Gasteiger partial charge on any atom is 0.262 e. The van der Waals surface area contributed by atoms with E-state index in [-0.39, 0.29) is 22.6 Å². The second-order valence-electron chi connectivity index (χ2n) is 4.83. The number of fused-ring (bicyclic) bond motifs is 1. The average Bonchev–Trinajstić information content (AvgIpc) is 2.70. The van der Waals surface area contributed by atoms with Crippen LogP contribution in [0.1, 0.15) is 26.3 Å². The van der Waals surface area contributed by atoms with E-state index in [2.05, 4.69) is 5.32 Å². The minimum absolute atomic E-state index is 0.0631. The van der Waals surface area contributed by atoms with Crippen LogP contribution in [0.25, 0.3) is 5.69 Å². The maximum atomic E-state index is 13.7. The molecule has 0 atom stereocenters. The van der Waals surface area contributed by atoms with Crippen LogP contribution in [0.4, 0.5) is 10.2 Å². The number of aromatic nitrogens is 1. The number of aryl methyl sites for hydroxylation is 1. The minimum Gasteiger partial charge on any atom is -0.384 e. The van der Waals surface area contributed by atoms with Crippen molar-refractivity contribution < 1.29 is 14.0 Å². The van der Waals surface area contributed by atoms with Crippen molar-refractivity contribution >= 4 is 40.2 Å². The Balaban J connectivity index is 2.40. The molecular formula is C14H9FIN3O3. The van der Waals surface area contributed by atoms with Gasteiger partial charge in [0.1, 0.15) is 11.6 Å². The molecule has 0 saturated heterocycles. The Hall–Kier alpha value is -2.23. The number of rotatable bonds is 1. The number of nitrogens with zero attached hydrogens (tertiary/aromatic N) is 1. The number of hydrogen-bond acceptors (Lipinski definition) is 4. The first-order valence-corrected chi connectivity index (χ1v) is 7.26. The van der Waals surface area contributed by atoms with Gasteiger partial charge in [-0.3, -0.25) is 24.3 Å². The zero-order chi connectivity index (χ0) is 16.2. The fourth-order valence-corrected chi connectivity index (χ4v) is 2.95. The molecular weight excluding hydrogens is 404 g/mol. The molecule has 1 aliphatic rings. The van der Waals surface area contributed by atoms with Gasteiger partial charge in [-0.05, 0) is 47.2 Å². The number of nitrogens with one attached hydrogen (secondary N) is 1. The summed E-state index contributed by atoms with van der Waals surface area (Å²) in [6.45, 7) is 1.69. The Morgan fingerprint density at radius 3 is 2.55 bits per heavy atom. The molecule has 2 amide bonds. The van der Waals surface area contributed by atoms with Crippen molar-refractivity contribution in [1.29, 1.82) is 0 Å². The van der Waals surface area contributed by atoms with Gasteiger partial charge in [0.25, 0.3) is 17.4 Å². The highest BCUT2D eigenvalue weighted by Crippen LogP contribution is 2.27. The summed E-state index contributed by atoms with van der Waals surface area (Å²) in [5.41, 5.74) is 6.04. The Morgan fingerprint density at radius 1 is 1.18 bits per heavy atom. The van der Waals surface area contributed by atoms with Gasteiger partial charge in [0.05, 0.1) is 16.8 Å². The second kappa shape index (κ2) is 4.90. The number of imide groups is 1. The Bertz CT molecular complexity index is 921. The van der Waals surface area contributed by atoms with E-state index < -0.39 is 23.2 Å². The SMILES string of the molecule is Cc1cc(F)cc(-n2c(N)c3c(cc2=O)C(=O)NC3=O)c1I. The summed E-state index contributed by atoms with van der Waals surface area (Å²) in [5, 5.41) is 2.08. The first-order chi connectivity index (χ1) is 10.3. The van der Waals surface area contributed by atoms with Gasteiger partial charge in [0.2, 0.25) is 0 Å². The molecule has 112 valence electrons. The number of benzene rings is 1. The molecule has 0 fully saturated rings. The van der Waals surface area contributed by atoms with E-state index in [1.165, 1.54) is 6.07 Å². The number of pyridine rings is 1. The molecule has 0 saturated carbocycles. The number of amides is 2. The number of nitrogen functional groups attached to an aromatic ring is 1. The lowest BCUT2D eigenvalue weighted by molar-refractivity contribution is 0.0880. The van der Waals surface area contributed by atoms with E-state index in [1.54, 1.807) is 6.92 Å². The fraction of sp³-hybridized carbons (Fsp3) is 0.0714. The largest absolute Gasteiger partial charge is 0.384 e. The van der Waals surface area contributed by atoms with Crippen LogP contribution in [0.5, 0.6) is 0 Å². The molecule has 1 aliphatic heterocycles. The number of hydrogen-bond donors (Lipinski definition) is 2. The molecule has 3 rings (SSSR count). The van der Waals surface area contributed by atoms with Gasteiger partial charge in [-0.2, -0.15) is 0 Å². The summed E-state index contributed by atoms with van der Waals surface area (Å²) < 4.78 is 15.3. The molecule has 0 spiro atoms. The average molecular weight is 413 g/mol. The van der Waals surface area contributed by atoms with Gasteiger partial charge in [-0.25, -0.2) is 4.39 Å². The highest BCUT2D eigenvalue weighted by Gasteiger charge is 2.32. The molecule has 3 N–H and O–H groups in total. The third-order valence-electron chi connectivity index (χ3n) is 3.39. The minimum atomic E-state index is -0.672. The van der Waals surface area contributed by atoms with Gasteiger partial charge >= 0.3 is 0 Å². The van der Waals surface area contributed by atoms with E-state index >= 15 is 0 Å². The van der Waals surface area contributed by atoms with Crippen LogP contribution in [0, 0.1) is 16.3 Å². The zero-order valence-electron chi connectivity index (χ0n) is 11.2. The standard InChI is InChI=1S/C14H9FIN3O3/c1-5-2-6(15)3-8(11(5)16)19-9(20)4-7-10(12(19)17)14(22)18-13(7)21/h2-4H,17H2,1H3,(H,18,21,22). The van der Waals surface area contributed by atoms with Crippen LogP contribution in [0.2, 0.25) is 0 Å². The van der Waals surface area contributed by atoms with Crippen LogP contribution in [-0.4, -0.2) is 16.4 Å². The van der Waals surface area contributed by atoms with Crippen molar-refractivity contribution in [2.24, 2.45) is 0 Å². The molecule has 8 heteroatoms. The molecule has 22 heavy (non-hydrogen) atoms. The Kier molecular flexibility index (Phi) is 3.28. The van der Waals surface area contributed by atoms with E-state index in [1.807, 2.05) is 22.6 Å². The quantitative estimate of drug-likeness (QED) is 0.546. The summed E-state index contributed by atoms with van der Waals surface area (Å²) in [4.78, 5) is 35.7. The van der Waals surface area contributed by atoms with Crippen molar-refractivity contribution in [3.05, 3.63) is 54.6 Å². The van der Waals surface area contributed by atoms with Crippen LogP contribution in [0.15, 0.2) is 23.0 Å². The maximum absolute atomic E-state index is 13.7. The van der Waals surface area contributed by atoms with Crippen molar-refractivity contribution in [1.82, 2.24) is 9.88 Å². The number of halogens is 2. The van der Waals surface area contributed by atoms with Crippen LogP contribution >= 0.6 is 22.6 Å². The van der Waals surface area contributed by atoms with E-state index in [0.29, 0.717) is 9.13 Å². The fourth-order valence-electron chi connectivity index (χ4n) is 2.40. The second-order valence-corrected chi connectivity index (χ2v) is 5.91. The lowest BCUT2D eigenvalue weighted by Gasteiger charge is -2.14. The number of nitrogens with two attached hydrogens (primary N) is 1. The first-order valence-electron chi connectivity index (χ1n) is 6.18. The molecule has 6 nitrogen and oxygen atoms in total. The summed E-state index contributed by atoms with van der Waals surface area (Å²) in [6, 6.07) is 3.52. The van der Waals surface area contributed by atoms with Gasteiger partial charge in [0.15, 0.2) is 0 Å². The monoisotopic (exact) mass is 413 g/mol. The molecule has 2 aromatic rings. The van der Waals surface area contributed by atoms with Crippen LogP contribution in [-0.2, 0) is 0 Å². The zero-order valence-corrected chi connectivity index (χ0v) is 13.4. The summed E-state index contributed by atoms with van der Waals surface area (Å²) in [7, 11) is 0. The highest BCUT2D eigenvalue weighted by molar-refractivity contribution is 14.1. The lowest BCUT2D eigenvalue weighted by atomic mass is 10.1. The predicted octanol–water partition coefficient (Wildman–Crippen LogP) is 1.36. The third kappa shape index (κ3) is 2.02. The molecule has 0 radical (unpaired) electrons. The molecule has 0 bridgehead atoms. The number of carbonyl (C=O) groups excluding carboxylic acids is 2. The smallest absolute Gasteiger partial charge is 0.262 e. The topological polar surface area (TPSA) is 94.2 Å². The predicted molar refractivity (Wildman–Crippen MR) is 85.7 cm³/mol. The molecule has 1 aromatic heterocycles. The lowest BCUT2D eigenvalue weighted by Crippen LogP contribution is -2.25. The normalized spacial score (nSPS) is 13.2. The van der Waals surface area contributed by atoms with Crippen molar-refractivity contribution in [2.45, 2.75) is 6.92 Å².